The van der Waals surface area contributed by atoms with Gasteiger partial charge in [0.1, 0.15) is 13.2 Å². The predicted octanol–water partition coefficient (Wildman–Crippen LogP) is 19.7. The van der Waals surface area contributed by atoms with Gasteiger partial charge in [-0.25, -0.2) is 0 Å². The minimum Gasteiger partial charge on any atom is -0.462 e. The van der Waals surface area contributed by atoms with Crippen LogP contribution >= 0.6 is 0 Å². The summed E-state index contributed by atoms with van der Waals surface area (Å²) in [7, 11) is 0. The second-order valence-electron chi connectivity index (χ2n) is 19.9. The quantitative estimate of drug-likeness (QED) is 0.0262. The molecule has 0 aliphatic heterocycles. The van der Waals surface area contributed by atoms with Crippen molar-refractivity contribution in [3.05, 3.63) is 36.5 Å². The van der Waals surface area contributed by atoms with Crippen LogP contribution in [0.2, 0.25) is 0 Å². The summed E-state index contributed by atoms with van der Waals surface area (Å²) in [5, 5.41) is 0. The Kier molecular flexibility index (Phi) is 54.2. The SMILES string of the molecule is CCCCCC/C=C\CCCCCCCCCC(=O)OC[C@@H](COC(=O)CCCCCCCCCCCCC/C=C\CCCCCCCC)OC(=O)CCCCCCC/C=C\CCCCCC. The van der Waals surface area contributed by atoms with Crippen molar-refractivity contribution < 1.29 is 28.6 Å². The number of unbranched alkanes of at least 4 members (excludes halogenated alkanes) is 37. The Morgan fingerprint density at radius 2 is 0.493 bits per heavy atom. The van der Waals surface area contributed by atoms with E-state index in [1.807, 2.05) is 0 Å². The molecule has 1 atom stereocenters. The summed E-state index contributed by atoms with van der Waals surface area (Å²) in [6, 6.07) is 0. The summed E-state index contributed by atoms with van der Waals surface area (Å²) < 4.78 is 16.9. The van der Waals surface area contributed by atoms with Gasteiger partial charge in [0.25, 0.3) is 0 Å². The maximum atomic E-state index is 12.8. The van der Waals surface area contributed by atoms with Crippen molar-refractivity contribution in [1.29, 1.82) is 0 Å². The Balaban J connectivity index is 4.29. The van der Waals surface area contributed by atoms with Crippen molar-refractivity contribution in [3.63, 3.8) is 0 Å². The number of carbonyl (C=O) groups is 3. The number of ether oxygens (including phenoxy) is 3. The minimum absolute atomic E-state index is 0.0747. The number of esters is 3. The van der Waals surface area contributed by atoms with Crippen molar-refractivity contribution in [3.8, 4) is 0 Å². The minimum atomic E-state index is -0.776. The topological polar surface area (TPSA) is 78.9 Å². The van der Waals surface area contributed by atoms with E-state index in [9.17, 15) is 14.4 Å². The van der Waals surface area contributed by atoms with Crippen LogP contribution in [0.25, 0.3) is 0 Å². The molecule has 6 heteroatoms. The lowest BCUT2D eigenvalue weighted by Gasteiger charge is -2.18. The molecular weight excluding hydrogens is 829 g/mol. The molecule has 0 aromatic carbocycles. The van der Waals surface area contributed by atoms with Gasteiger partial charge < -0.3 is 14.2 Å². The summed E-state index contributed by atoms with van der Waals surface area (Å²) >= 11 is 0. The van der Waals surface area contributed by atoms with Gasteiger partial charge in [0.2, 0.25) is 0 Å². The molecule has 0 saturated heterocycles. The third kappa shape index (κ3) is 54.4. The van der Waals surface area contributed by atoms with Crippen LogP contribution in [0.4, 0.5) is 0 Å². The Labute approximate surface area is 416 Å². The van der Waals surface area contributed by atoms with Crippen LogP contribution in [0, 0.1) is 0 Å². The van der Waals surface area contributed by atoms with Crippen LogP contribution in [0.1, 0.15) is 316 Å². The lowest BCUT2D eigenvalue weighted by molar-refractivity contribution is -0.167. The van der Waals surface area contributed by atoms with Crippen LogP contribution in [0.15, 0.2) is 36.5 Å². The van der Waals surface area contributed by atoms with Gasteiger partial charge in [-0.1, -0.05) is 237 Å². The molecule has 0 aromatic heterocycles. The second-order valence-corrected chi connectivity index (χ2v) is 19.9. The van der Waals surface area contributed by atoms with Crippen molar-refractivity contribution in [2.24, 2.45) is 0 Å². The molecule has 0 aromatic rings. The molecule has 0 bridgehead atoms. The number of hydrogen-bond donors (Lipinski definition) is 0. The molecule has 67 heavy (non-hydrogen) atoms. The van der Waals surface area contributed by atoms with Gasteiger partial charge in [0.15, 0.2) is 6.10 Å². The molecular formula is C61H112O6. The first-order valence-electron chi connectivity index (χ1n) is 29.5. The summed E-state index contributed by atoms with van der Waals surface area (Å²) in [6.45, 7) is 6.63. The van der Waals surface area contributed by atoms with Crippen LogP contribution in [0.5, 0.6) is 0 Å². The lowest BCUT2D eigenvalue weighted by atomic mass is 10.0. The fraction of sp³-hybridized carbons (Fsp3) is 0.852. The van der Waals surface area contributed by atoms with Gasteiger partial charge in [-0.15, -0.1) is 0 Å². The van der Waals surface area contributed by atoms with E-state index in [1.165, 1.54) is 212 Å². The van der Waals surface area contributed by atoms with Gasteiger partial charge in [0, 0.05) is 19.3 Å². The van der Waals surface area contributed by atoms with Crippen LogP contribution in [0.3, 0.4) is 0 Å². The van der Waals surface area contributed by atoms with Crippen molar-refractivity contribution in [2.75, 3.05) is 13.2 Å². The van der Waals surface area contributed by atoms with E-state index in [4.69, 9.17) is 14.2 Å². The molecule has 0 rings (SSSR count). The first-order valence-corrected chi connectivity index (χ1v) is 29.5. The number of allylic oxidation sites excluding steroid dienone is 6. The van der Waals surface area contributed by atoms with E-state index in [0.29, 0.717) is 19.3 Å². The Bertz CT molecular complexity index is 1130. The van der Waals surface area contributed by atoms with Crippen LogP contribution in [-0.4, -0.2) is 37.2 Å². The number of rotatable bonds is 54. The zero-order valence-electron chi connectivity index (χ0n) is 44.9. The molecule has 0 spiro atoms. The van der Waals surface area contributed by atoms with Gasteiger partial charge in [0.05, 0.1) is 0 Å². The monoisotopic (exact) mass is 941 g/mol. The predicted molar refractivity (Wildman–Crippen MR) is 289 cm³/mol. The molecule has 0 radical (unpaired) electrons. The Morgan fingerprint density at radius 3 is 0.761 bits per heavy atom. The van der Waals surface area contributed by atoms with E-state index in [0.717, 1.165) is 64.2 Å². The van der Waals surface area contributed by atoms with Crippen LogP contribution < -0.4 is 0 Å². The zero-order valence-corrected chi connectivity index (χ0v) is 44.9. The smallest absolute Gasteiger partial charge is 0.306 e. The highest BCUT2D eigenvalue weighted by atomic mass is 16.6. The second kappa shape index (κ2) is 56.2. The maximum absolute atomic E-state index is 12.8. The Morgan fingerprint density at radius 1 is 0.284 bits per heavy atom. The average molecular weight is 942 g/mol. The van der Waals surface area contributed by atoms with Gasteiger partial charge >= 0.3 is 17.9 Å². The van der Waals surface area contributed by atoms with Crippen molar-refractivity contribution in [1.82, 2.24) is 0 Å². The van der Waals surface area contributed by atoms with E-state index in [1.54, 1.807) is 0 Å². The highest BCUT2D eigenvalue weighted by Gasteiger charge is 2.19. The molecule has 0 aliphatic rings. The molecule has 392 valence electrons. The lowest BCUT2D eigenvalue weighted by Crippen LogP contribution is -2.30. The van der Waals surface area contributed by atoms with Crippen molar-refractivity contribution >= 4 is 17.9 Å². The summed E-state index contributed by atoms with van der Waals surface area (Å²) in [5.41, 5.74) is 0. The van der Waals surface area contributed by atoms with E-state index < -0.39 is 6.10 Å². The first-order chi connectivity index (χ1) is 33.0. The molecule has 0 fully saturated rings. The average Bonchev–Trinajstić information content (AvgIpc) is 3.33. The van der Waals surface area contributed by atoms with Gasteiger partial charge in [-0.05, 0) is 96.3 Å². The molecule has 0 amide bonds. The fourth-order valence-electron chi connectivity index (χ4n) is 8.60. The molecule has 0 unspecified atom stereocenters. The number of carbonyl (C=O) groups excluding carboxylic acids is 3. The molecule has 0 N–H and O–H groups in total. The van der Waals surface area contributed by atoms with Gasteiger partial charge in [-0.3, -0.25) is 14.4 Å². The first kappa shape index (κ1) is 64.6. The van der Waals surface area contributed by atoms with Crippen molar-refractivity contribution in [2.45, 2.75) is 322 Å². The van der Waals surface area contributed by atoms with E-state index in [2.05, 4.69) is 57.2 Å². The number of hydrogen-bond acceptors (Lipinski definition) is 6. The van der Waals surface area contributed by atoms with E-state index >= 15 is 0 Å². The highest BCUT2D eigenvalue weighted by molar-refractivity contribution is 5.71. The molecule has 0 saturated carbocycles. The van der Waals surface area contributed by atoms with Crippen LogP contribution in [-0.2, 0) is 28.6 Å². The van der Waals surface area contributed by atoms with Gasteiger partial charge in [-0.2, -0.15) is 0 Å². The van der Waals surface area contributed by atoms with E-state index in [-0.39, 0.29) is 31.1 Å². The summed E-state index contributed by atoms with van der Waals surface area (Å²) in [4.78, 5) is 38.1. The third-order valence-electron chi connectivity index (χ3n) is 13.1. The molecule has 0 heterocycles. The largest absolute Gasteiger partial charge is 0.462 e. The summed E-state index contributed by atoms with van der Waals surface area (Å²) in [6.07, 6.45) is 67.1. The summed E-state index contributed by atoms with van der Waals surface area (Å²) in [5.74, 6) is -0.873. The normalized spacial score (nSPS) is 12.2. The zero-order chi connectivity index (χ0) is 48.6. The molecule has 0 aliphatic carbocycles. The standard InChI is InChI=1S/C61H112O6/c1-4-7-10-13-16-19-22-25-27-28-29-30-31-32-34-37-39-42-45-48-51-54-60(63)66-57-58(67-61(64)55-52-49-46-43-40-35-24-21-18-15-12-9-6-3)56-65-59(62)53-50-47-44-41-38-36-33-26-23-20-17-14-11-8-5-2/h20-21,23-25,27,58H,4-19,22,26,28-57H2,1-3H3/b23-20-,24-21-,27-25-/t58-/m0/s1. The fourth-order valence-corrected chi connectivity index (χ4v) is 8.60. The molecule has 6 nitrogen and oxygen atoms in total. The Hall–Kier alpha value is -2.37. The maximum Gasteiger partial charge on any atom is 0.306 e. The third-order valence-corrected chi connectivity index (χ3v) is 13.1. The highest BCUT2D eigenvalue weighted by Crippen LogP contribution is 2.16.